The predicted molar refractivity (Wildman–Crippen MR) is 75.9 cm³/mol. The Bertz CT molecular complexity index is 191. The molecule has 0 aromatic carbocycles. The van der Waals surface area contributed by atoms with Crippen molar-refractivity contribution in [2.24, 2.45) is 11.8 Å². The van der Waals surface area contributed by atoms with Crippen LogP contribution in [0.25, 0.3) is 0 Å². The van der Waals surface area contributed by atoms with Gasteiger partial charge in [0.25, 0.3) is 0 Å². The van der Waals surface area contributed by atoms with Crippen LogP contribution in [0.3, 0.4) is 0 Å². The second kappa shape index (κ2) is 9.76. The van der Waals surface area contributed by atoms with Gasteiger partial charge in [0.2, 0.25) is 0 Å². The van der Waals surface area contributed by atoms with E-state index in [1.165, 1.54) is 25.7 Å². The van der Waals surface area contributed by atoms with Gasteiger partial charge in [0, 0.05) is 25.2 Å². The smallest absolute Gasteiger partial charge is 0.0623 e. The van der Waals surface area contributed by atoms with Crippen LogP contribution in [0.15, 0.2) is 0 Å². The predicted octanol–water partition coefficient (Wildman–Crippen LogP) is 2.84. The monoisotopic (exact) mass is 257 g/mol. The first kappa shape index (κ1) is 15.9. The first-order valence-electron chi connectivity index (χ1n) is 7.63. The molecule has 0 spiro atoms. The van der Waals surface area contributed by atoms with Crippen molar-refractivity contribution in [2.75, 3.05) is 33.0 Å². The van der Waals surface area contributed by atoms with Crippen LogP contribution in [0.1, 0.15) is 46.5 Å². The summed E-state index contributed by atoms with van der Waals surface area (Å²) in [6, 6.07) is 0.478. The minimum Gasteiger partial charge on any atom is -0.381 e. The molecule has 1 N–H and O–H groups in total. The van der Waals surface area contributed by atoms with Crippen molar-refractivity contribution >= 4 is 0 Å². The molecule has 2 unspecified atom stereocenters. The van der Waals surface area contributed by atoms with E-state index in [9.17, 15) is 0 Å². The summed E-state index contributed by atoms with van der Waals surface area (Å²) in [5.41, 5.74) is 0. The molecule has 1 rings (SSSR count). The van der Waals surface area contributed by atoms with E-state index in [-0.39, 0.29) is 0 Å². The highest BCUT2D eigenvalue weighted by molar-refractivity contribution is 4.79. The summed E-state index contributed by atoms with van der Waals surface area (Å²) < 4.78 is 11.3. The molecule has 0 aromatic heterocycles. The second-order valence-electron chi connectivity index (χ2n) is 5.80. The Morgan fingerprint density at radius 3 is 2.83 bits per heavy atom. The lowest BCUT2D eigenvalue weighted by Crippen LogP contribution is -2.41. The molecule has 0 aliphatic carbocycles. The number of ether oxygens (including phenoxy) is 2. The van der Waals surface area contributed by atoms with Gasteiger partial charge in [0.15, 0.2) is 0 Å². The second-order valence-corrected chi connectivity index (χ2v) is 5.80. The van der Waals surface area contributed by atoms with Gasteiger partial charge in [-0.3, -0.25) is 0 Å². The van der Waals surface area contributed by atoms with Crippen molar-refractivity contribution < 1.29 is 9.47 Å². The molecule has 0 saturated carbocycles. The summed E-state index contributed by atoms with van der Waals surface area (Å²) in [4.78, 5) is 0. The van der Waals surface area contributed by atoms with Crippen LogP contribution < -0.4 is 5.32 Å². The van der Waals surface area contributed by atoms with Crippen LogP contribution in [0.5, 0.6) is 0 Å². The molecule has 18 heavy (non-hydrogen) atoms. The number of hydrogen-bond donors (Lipinski definition) is 1. The van der Waals surface area contributed by atoms with E-state index < -0.39 is 0 Å². The molecule has 1 aliphatic heterocycles. The Balaban J connectivity index is 2.14. The highest BCUT2D eigenvalue weighted by Gasteiger charge is 2.25. The van der Waals surface area contributed by atoms with E-state index in [0.29, 0.717) is 12.0 Å². The van der Waals surface area contributed by atoms with Crippen LogP contribution in [0, 0.1) is 11.8 Å². The topological polar surface area (TPSA) is 30.5 Å². The van der Waals surface area contributed by atoms with Crippen molar-refractivity contribution in [2.45, 2.75) is 52.5 Å². The van der Waals surface area contributed by atoms with Crippen LogP contribution >= 0.6 is 0 Å². The Morgan fingerprint density at radius 2 is 2.22 bits per heavy atom. The number of rotatable bonds is 10. The molecular weight excluding hydrogens is 226 g/mol. The van der Waals surface area contributed by atoms with E-state index in [4.69, 9.17) is 9.47 Å². The third-order valence-electron chi connectivity index (χ3n) is 3.56. The van der Waals surface area contributed by atoms with E-state index in [1.807, 2.05) is 0 Å². The van der Waals surface area contributed by atoms with Gasteiger partial charge >= 0.3 is 0 Å². The van der Waals surface area contributed by atoms with Crippen LogP contribution in [-0.2, 0) is 9.47 Å². The third kappa shape index (κ3) is 6.72. The molecule has 1 aliphatic rings. The molecule has 1 heterocycles. The first-order valence-corrected chi connectivity index (χ1v) is 7.63. The lowest BCUT2D eigenvalue weighted by Gasteiger charge is -2.23. The lowest BCUT2D eigenvalue weighted by molar-refractivity contribution is 0.0834. The van der Waals surface area contributed by atoms with Gasteiger partial charge < -0.3 is 14.8 Å². The van der Waals surface area contributed by atoms with Crippen molar-refractivity contribution in [3.63, 3.8) is 0 Å². The average molecular weight is 257 g/mol. The number of hydrogen-bond acceptors (Lipinski definition) is 3. The summed E-state index contributed by atoms with van der Waals surface area (Å²) in [6.07, 6.45) is 4.80. The Kier molecular flexibility index (Phi) is 8.64. The molecule has 1 saturated heterocycles. The van der Waals surface area contributed by atoms with Crippen molar-refractivity contribution in [1.82, 2.24) is 5.32 Å². The largest absolute Gasteiger partial charge is 0.381 e. The summed E-state index contributed by atoms with van der Waals surface area (Å²) in [5, 5.41) is 3.61. The Morgan fingerprint density at radius 1 is 1.39 bits per heavy atom. The van der Waals surface area contributed by atoms with Crippen LogP contribution in [-0.4, -0.2) is 39.0 Å². The minimum absolute atomic E-state index is 0.478. The van der Waals surface area contributed by atoms with E-state index in [1.54, 1.807) is 0 Å². The molecule has 0 aromatic rings. The van der Waals surface area contributed by atoms with Gasteiger partial charge in [-0.05, 0) is 38.1 Å². The van der Waals surface area contributed by atoms with Gasteiger partial charge in [-0.25, -0.2) is 0 Å². The molecule has 3 nitrogen and oxygen atoms in total. The fourth-order valence-corrected chi connectivity index (χ4v) is 2.37. The van der Waals surface area contributed by atoms with Gasteiger partial charge in [-0.2, -0.15) is 0 Å². The van der Waals surface area contributed by atoms with Gasteiger partial charge in [-0.15, -0.1) is 0 Å². The summed E-state index contributed by atoms with van der Waals surface area (Å²) in [6.45, 7) is 11.4. The fourth-order valence-electron chi connectivity index (χ4n) is 2.37. The van der Waals surface area contributed by atoms with E-state index >= 15 is 0 Å². The zero-order valence-corrected chi connectivity index (χ0v) is 12.4. The van der Waals surface area contributed by atoms with Gasteiger partial charge in [0.1, 0.15) is 0 Å². The molecule has 2 atom stereocenters. The summed E-state index contributed by atoms with van der Waals surface area (Å²) in [5.74, 6) is 1.42. The zero-order chi connectivity index (χ0) is 13.2. The van der Waals surface area contributed by atoms with Crippen molar-refractivity contribution in [3.05, 3.63) is 0 Å². The maximum atomic E-state index is 5.84. The highest BCUT2D eigenvalue weighted by atomic mass is 16.5. The standard InChI is InChI=1S/C15H31NO2/c1-4-8-16-15(14-7-10-18-11-14)12-17-9-5-6-13(2)3/h13-16H,4-12H2,1-3H3. The fraction of sp³-hybridized carbons (Fsp3) is 1.00. The summed E-state index contributed by atoms with van der Waals surface area (Å²) >= 11 is 0. The molecule has 0 bridgehead atoms. The first-order chi connectivity index (χ1) is 8.74. The molecule has 108 valence electrons. The third-order valence-corrected chi connectivity index (χ3v) is 3.56. The Labute approximate surface area is 113 Å². The molecule has 0 radical (unpaired) electrons. The van der Waals surface area contributed by atoms with Gasteiger partial charge in [-0.1, -0.05) is 20.8 Å². The Hall–Kier alpha value is -0.120. The highest BCUT2D eigenvalue weighted by Crippen LogP contribution is 2.17. The normalized spacial score (nSPS) is 21.7. The lowest BCUT2D eigenvalue weighted by atomic mass is 9.99. The minimum atomic E-state index is 0.478. The molecule has 0 amide bonds. The van der Waals surface area contributed by atoms with Gasteiger partial charge in [0.05, 0.1) is 13.2 Å². The molecule has 1 fully saturated rings. The summed E-state index contributed by atoms with van der Waals surface area (Å²) in [7, 11) is 0. The SMILES string of the molecule is CCCNC(COCCCC(C)C)C1CCOC1. The zero-order valence-electron chi connectivity index (χ0n) is 12.4. The van der Waals surface area contributed by atoms with Crippen LogP contribution in [0.2, 0.25) is 0 Å². The van der Waals surface area contributed by atoms with E-state index in [0.717, 1.165) is 38.9 Å². The van der Waals surface area contributed by atoms with E-state index in [2.05, 4.69) is 26.1 Å². The molecular formula is C15H31NO2. The maximum absolute atomic E-state index is 5.84. The quantitative estimate of drug-likeness (QED) is 0.610. The number of nitrogens with one attached hydrogen (secondary N) is 1. The molecule has 3 heteroatoms. The van der Waals surface area contributed by atoms with Crippen LogP contribution in [0.4, 0.5) is 0 Å². The van der Waals surface area contributed by atoms with Crippen molar-refractivity contribution in [3.8, 4) is 0 Å². The average Bonchev–Trinajstić information content (AvgIpc) is 2.86. The maximum Gasteiger partial charge on any atom is 0.0623 e. The van der Waals surface area contributed by atoms with Crippen molar-refractivity contribution in [1.29, 1.82) is 0 Å².